The number of amides is 1. The van der Waals surface area contributed by atoms with Crippen LogP contribution in [0.15, 0.2) is 0 Å². The molecule has 1 aliphatic heterocycles. The summed E-state index contributed by atoms with van der Waals surface area (Å²) in [6.07, 6.45) is 0. The molecule has 2 fully saturated rings. The molecular weight excluding hydrogens is 270 g/mol. The molecule has 1 heterocycles. The predicted molar refractivity (Wildman–Crippen MR) is 80.0 cm³/mol. The van der Waals surface area contributed by atoms with E-state index < -0.39 is 17.3 Å². The number of carbonyl (C=O) groups excluding carboxylic acids is 1. The minimum absolute atomic E-state index is 0.0275. The lowest BCUT2D eigenvalue weighted by Crippen LogP contribution is -2.50. The Morgan fingerprint density at radius 2 is 1.71 bits per heavy atom. The Morgan fingerprint density at radius 3 is 2.14 bits per heavy atom. The lowest BCUT2D eigenvalue weighted by Gasteiger charge is -2.35. The van der Waals surface area contributed by atoms with Crippen molar-refractivity contribution in [3.8, 4) is 0 Å². The van der Waals surface area contributed by atoms with E-state index in [0.29, 0.717) is 13.1 Å². The van der Waals surface area contributed by atoms with Crippen LogP contribution in [-0.4, -0.2) is 85.0 Å². The lowest BCUT2D eigenvalue weighted by molar-refractivity contribution is -0.142. The SMILES string of the molecule is CN(C)CCN1CCN(C(=O)[C@H]2[C@@H](C(=O)O)C2(C)C)CC1. The molecule has 6 heteroatoms. The number of likely N-dealkylation sites (N-methyl/N-ethyl adjacent to an activating group) is 1. The average Bonchev–Trinajstić information content (AvgIpc) is 2.99. The molecule has 120 valence electrons. The molecule has 0 aromatic rings. The van der Waals surface area contributed by atoms with E-state index in [1.54, 1.807) is 0 Å². The first-order chi connectivity index (χ1) is 9.75. The highest BCUT2D eigenvalue weighted by Gasteiger charge is 2.66. The van der Waals surface area contributed by atoms with Crippen molar-refractivity contribution in [2.24, 2.45) is 17.3 Å². The largest absolute Gasteiger partial charge is 0.481 e. The number of carboxylic acids is 1. The maximum atomic E-state index is 12.5. The van der Waals surface area contributed by atoms with Gasteiger partial charge in [0.2, 0.25) is 5.91 Å². The van der Waals surface area contributed by atoms with Gasteiger partial charge in [0.05, 0.1) is 11.8 Å². The first-order valence-electron chi connectivity index (χ1n) is 7.64. The van der Waals surface area contributed by atoms with Gasteiger partial charge >= 0.3 is 5.97 Å². The molecule has 2 aliphatic rings. The molecule has 1 N–H and O–H groups in total. The van der Waals surface area contributed by atoms with E-state index in [-0.39, 0.29) is 11.8 Å². The third kappa shape index (κ3) is 3.37. The Morgan fingerprint density at radius 1 is 1.14 bits per heavy atom. The van der Waals surface area contributed by atoms with Gasteiger partial charge in [-0.15, -0.1) is 0 Å². The number of carboxylic acid groups (broad SMARTS) is 1. The van der Waals surface area contributed by atoms with Crippen LogP contribution in [0.25, 0.3) is 0 Å². The van der Waals surface area contributed by atoms with Crippen LogP contribution >= 0.6 is 0 Å². The number of piperazine rings is 1. The van der Waals surface area contributed by atoms with Crippen molar-refractivity contribution in [2.75, 3.05) is 53.4 Å². The number of rotatable bonds is 5. The number of aliphatic carboxylic acids is 1. The molecule has 0 unspecified atom stereocenters. The van der Waals surface area contributed by atoms with Crippen LogP contribution in [0.5, 0.6) is 0 Å². The zero-order valence-corrected chi connectivity index (χ0v) is 13.5. The number of nitrogens with zero attached hydrogens (tertiary/aromatic N) is 3. The third-order valence-electron chi connectivity index (χ3n) is 4.91. The Balaban J connectivity index is 1.83. The van der Waals surface area contributed by atoms with Gasteiger partial charge in [-0.25, -0.2) is 0 Å². The van der Waals surface area contributed by atoms with E-state index in [1.165, 1.54) is 0 Å². The zero-order valence-electron chi connectivity index (χ0n) is 13.5. The number of hydrogen-bond donors (Lipinski definition) is 1. The number of hydrogen-bond acceptors (Lipinski definition) is 4. The summed E-state index contributed by atoms with van der Waals surface area (Å²) in [6, 6.07) is 0. The second-order valence-corrected chi connectivity index (χ2v) is 7.09. The second kappa shape index (κ2) is 5.93. The van der Waals surface area contributed by atoms with Crippen LogP contribution in [-0.2, 0) is 9.59 Å². The first-order valence-corrected chi connectivity index (χ1v) is 7.64. The molecule has 0 spiro atoms. The first kappa shape index (κ1) is 16.2. The molecule has 0 bridgehead atoms. The van der Waals surface area contributed by atoms with Gasteiger partial charge in [0, 0.05) is 39.3 Å². The van der Waals surface area contributed by atoms with Crippen LogP contribution < -0.4 is 0 Å². The van der Waals surface area contributed by atoms with Crippen molar-refractivity contribution in [3.63, 3.8) is 0 Å². The molecule has 1 saturated carbocycles. The van der Waals surface area contributed by atoms with Gasteiger partial charge in [-0.05, 0) is 19.5 Å². The summed E-state index contributed by atoms with van der Waals surface area (Å²) in [7, 11) is 4.11. The highest BCUT2D eigenvalue weighted by molar-refractivity contribution is 5.91. The van der Waals surface area contributed by atoms with Gasteiger partial charge in [0.25, 0.3) is 0 Å². The molecule has 0 aromatic heterocycles. The van der Waals surface area contributed by atoms with E-state index in [4.69, 9.17) is 0 Å². The summed E-state index contributed by atoms with van der Waals surface area (Å²) >= 11 is 0. The summed E-state index contributed by atoms with van der Waals surface area (Å²) in [5.41, 5.74) is -0.398. The van der Waals surface area contributed by atoms with Gasteiger partial charge in [-0.2, -0.15) is 0 Å². The molecule has 2 rings (SSSR count). The van der Waals surface area contributed by atoms with Crippen LogP contribution in [0.2, 0.25) is 0 Å². The normalized spacial score (nSPS) is 28.7. The molecule has 1 saturated heterocycles. The van der Waals surface area contributed by atoms with Crippen LogP contribution in [0.4, 0.5) is 0 Å². The quantitative estimate of drug-likeness (QED) is 0.777. The van der Waals surface area contributed by atoms with Crippen LogP contribution in [0, 0.1) is 17.3 Å². The fraction of sp³-hybridized carbons (Fsp3) is 0.867. The van der Waals surface area contributed by atoms with E-state index in [2.05, 4.69) is 23.9 Å². The molecule has 0 aromatic carbocycles. The van der Waals surface area contributed by atoms with Gasteiger partial charge in [0.15, 0.2) is 0 Å². The maximum Gasteiger partial charge on any atom is 0.307 e. The van der Waals surface area contributed by atoms with Crippen LogP contribution in [0.1, 0.15) is 13.8 Å². The van der Waals surface area contributed by atoms with Gasteiger partial charge in [-0.3, -0.25) is 14.5 Å². The van der Waals surface area contributed by atoms with E-state index in [9.17, 15) is 14.7 Å². The molecule has 2 atom stereocenters. The van der Waals surface area contributed by atoms with Crippen LogP contribution in [0.3, 0.4) is 0 Å². The highest BCUT2D eigenvalue weighted by Crippen LogP contribution is 2.59. The summed E-state index contributed by atoms with van der Waals surface area (Å²) in [5, 5.41) is 9.19. The summed E-state index contributed by atoms with van der Waals surface area (Å²) in [6.45, 7) is 8.97. The van der Waals surface area contributed by atoms with E-state index >= 15 is 0 Å². The highest BCUT2D eigenvalue weighted by atomic mass is 16.4. The molecule has 0 radical (unpaired) electrons. The van der Waals surface area contributed by atoms with Crippen molar-refractivity contribution in [3.05, 3.63) is 0 Å². The summed E-state index contributed by atoms with van der Waals surface area (Å²) in [4.78, 5) is 30.1. The topological polar surface area (TPSA) is 64.1 Å². The van der Waals surface area contributed by atoms with Crippen molar-refractivity contribution >= 4 is 11.9 Å². The van der Waals surface area contributed by atoms with E-state index in [1.807, 2.05) is 18.7 Å². The third-order valence-corrected chi connectivity index (χ3v) is 4.91. The van der Waals surface area contributed by atoms with Crippen molar-refractivity contribution < 1.29 is 14.7 Å². The van der Waals surface area contributed by atoms with Crippen molar-refractivity contribution in [2.45, 2.75) is 13.8 Å². The minimum atomic E-state index is -0.844. The fourth-order valence-corrected chi connectivity index (χ4v) is 3.29. The molecule has 1 amide bonds. The Bertz CT molecular complexity index is 414. The van der Waals surface area contributed by atoms with Gasteiger partial charge in [0.1, 0.15) is 0 Å². The monoisotopic (exact) mass is 297 g/mol. The smallest absolute Gasteiger partial charge is 0.307 e. The fourth-order valence-electron chi connectivity index (χ4n) is 3.29. The molecule has 1 aliphatic carbocycles. The Hall–Kier alpha value is -1.14. The van der Waals surface area contributed by atoms with Crippen molar-refractivity contribution in [1.29, 1.82) is 0 Å². The average molecular weight is 297 g/mol. The minimum Gasteiger partial charge on any atom is -0.481 e. The number of carbonyl (C=O) groups is 2. The summed E-state index contributed by atoms with van der Waals surface area (Å²) < 4.78 is 0. The van der Waals surface area contributed by atoms with Crippen molar-refractivity contribution in [1.82, 2.24) is 14.7 Å². The maximum absolute atomic E-state index is 12.5. The van der Waals surface area contributed by atoms with E-state index in [0.717, 1.165) is 26.2 Å². The lowest BCUT2D eigenvalue weighted by atomic mass is 10.1. The molecular formula is C15H27N3O3. The zero-order chi connectivity index (χ0) is 15.8. The van der Waals surface area contributed by atoms with Gasteiger partial charge in [-0.1, -0.05) is 13.8 Å². The molecule has 6 nitrogen and oxygen atoms in total. The van der Waals surface area contributed by atoms with Gasteiger partial charge < -0.3 is 14.9 Å². The predicted octanol–water partition coefficient (Wildman–Crippen LogP) is 0.0490. The Labute approximate surface area is 126 Å². The Kier molecular flexibility index (Phi) is 4.58. The second-order valence-electron chi connectivity index (χ2n) is 7.09. The standard InChI is InChI=1S/C15H27N3O3/c1-15(2)11(12(15)14(20)21)13(19)18-9-7-17(8-10-18)6-5-16(3)4/h11-12H,5-10H2,1-4H3,(H,20,21)/t11-,12+/m1/s1. The summed E-state index contributed by atoms with van der Waals surface area (Å²) in [5.74, 6) is -1.68. The molecule has 21 heavy (non-hydrogen) atoms.